The summed E-state index contributed by atoms with van der Waals surface area (Å²) in [6.45, 7) is 0. The van der Waals surface area contributed by atoms with Gasteiger partial charge in [-0.15, -0.1) is 0 Å². The van der Waals surface area contributed by atoms with Crippen molar-refractivity contribution in [2.45, 2.75) is 0 Å². The van der Waals surface area contributed by atoms with E-state index in [-0.39, 0.29) is 11.8 Å². The van der Waals surface area contributed by atoms with Crippen molar-refractivity contribution in [3.63, 3.8) is 0 Å². The lowest BCUT2D eigenvalue weighted by molar-refractivity contribution is 0.0990. The average molecular weight is 252 g/mol. The summed E-state index contributed by atoms with van der Waals surface area (Å²) in [5.74, 6) is -0.712. The topological polar surface area (TPSA) is 99.3 Å². The first-order chi connectivity index (χ1) is 7.99. The predicted molar refractivity (Wildman–Crippen MR) is 65.9 cm³/mol. The molecule has 0 atom stereocenters. The molecule has 0 aliphatic rings. The lowest BCUT2D eigenvalue weighted by Crippen LogP contribution is -2.24. The van der Waals surface area contributed by atoms with Gasteiger partial charge in [-0.3, -0.25) is 4.79 Å². The summed E-state index contributed by atoms with van der Waals surface area (Å²) in [6, 6.07) is 5.17. The summed E-state index contributed by atoms with van der Waals surface area (Å²) in [5, 5.41) is 0.552. The number of aromatic nitrogens is 2. The quantitative estimate of drug-likeness (QED) is 0.574. The van der Waals surface area contributed by atoms with Crippen LogP contribution in [0.15, 0.2) is 23.2 Å². The average Bonchev–Trinajstić information content (AvgIpc) is 2.54. The molecule has 88 valence electrons. The predicted octanol–water partition coefficient (Wildman–Crippen LogP) is 0.640. The standard InChI is InChI=1S/C10H10ClN5O/c1-16-7-3-2-5(11)4-6(7)14-8(16)9(17)15-10(12)13/h2-4H,1H3,(H4,12,13,15,17). The number of halogens is 1. The summed E-state index contributed by atoms with van der Waals surface area (Å²) in [6.07, 6.45) is 0. The monoisotopic (exact) mass is 251 g/mol. The second-order valence-corrected chi connectivity index (χ2v) is 3.91. The number of carbonyl (C=O) groups is 1. The van der Waals surface area contributed by atoms with Gasteiger partial charge in [0.05, 0.1) is 11.0 Å². The van der Waals surface area contributed by atoms with Crippen molar-refractivity contribution < 1.29 is 4.79 Å². The zero-order chi connectivity index (χ0) is 12.6. The molecule has 1 aromatic carbocycles. The number of fused-ring (bicyclic) bond motifs is 1. The van der Waals surface area contributed by atoms with Crippen LogP contribution in [0.2, 0.25) is 5.02 Å². The first-order valence-corrected chi connectivity index (χ1v) is 5.13. The molecule has 0 unspecified atom stereocenters. The Morgan fingerprint density at radius 1 is 1.47 bits per heavy atom. The number of guanidine groups is 1. The molecule has 17 heavy (non-hydrogen) atoms. The minimum atomic E-state index is -0.583. The fourth-order valence-corrected chi connectivity index (χ4v) is 1.70. The maximum absolute atomic E-state index is 11.7. The van der Waals surface area contributed by atoms with Crippen LogP contribution in [-0.2, 0) is 7.05 Å². The molecule has 0 radical (unpaired) electrons. The molecular formula is C10H10ClN5O. The van der Waals surface area contributed by atoms with Crippen LogP contribution in [0.4, 0.5) is 0 Å². The molecule has 2 rings (SSSR count). The van der Waals surface area contributed by atoms with E-state index >= 15 is 0 Å². The van der Waals surface area contributed by atoms with Crippen molar-refractivity contribution in [1.29, 1.82) is 0 Å². The highest BCUT2D eigenvalue weighted by Gasteiger charge is 2.14. The number of aliphatic imine (C=N–C) groups is 1. The second-order valence-electron chi connectivity index (χ2n) is 3.47. The number of imidazole rings is 1. The molecule has 1 aromatic heterocycles. The molecule has 0 aliphatic carbocycles. The molecule has 1 heterocycles. The van der Waals surface area contributed by atoms with Crippen molar-refractivity contribution in [3.05, 3.63) is 29.0 Å². The summed E-state index contributed by atoms with van der Waals surface area (Å²) >= 11 is 5.84. The second kappa shape index (κ2) is 4.06. The van der Waals surface area contributed by atoms with E-state index in [2.05, 4.69) is 9.98 Å². The Balaban J connectivity index is 2.60. The summed E-state index contributed by atoms with van der Waals surface area (Å²) in [7, 11) is 1.71. The molecule has 4 N–H and O–H groups in total. The van der Waals surface area contributed by atoms with Crippen LogP contribution in [0.25, 0.3) is 11.0 Å². The molecule has 0 bridgehead atoms. The first-order valence-electron chi connectivity index (χ1n) is 4.75. The Hall–Kier alpha value is -2.08. The van der Waals surface area contributed by atoms with E-state index in [1.165, 1.54) is 0 Å². The fraction of sp³-hybridized carbons (Fsp3) is 0.100. The Labute approximate surface area is 102 Å². The number of hydrogen-bond acceptors (Lipinski definition) is 2. The zero-order valence-corrected chi connectivity index (χ0v) is 9.77. The van der Waals surface area contributed by atoms with Crippen LogP contribution in [-0.4, -0.2) is 21.4 Å². The van der Waals surface area contributed by atoms with Crippen LogP contribution in [0.1, 0.15) is 10.6 Å². The fourth-order valence-electron chi connectivity index (χ4n) is 1.53. The van der Waals surface area contributed by atoms with Gasteiger partial charge in [0, 0.05) is 12.1 Å². The number of hydrogen-bond donors (Lipinski definition) is 2. The molecule has 0 spiro atoms. The highest BCUT2D eigenvalue weighted by Crippen LogP contribution is 2.19. The number of carbonyl (C=O) groups excluding carboxylic acids is 1. The van der Waals surface area contributed by atoms with Crippen LogP contribution < -0.4 is 11.5 Å². The van der Waals surface area contributed by atoms with Gasteiger partial charge in [-0.1, -0.05) is 11.6 Å². The lowest BCUT2D eigenvalue weighted by Gasteiger charge is -1.97. The Bertz CT molecular complexity index is 627. The van der Waals surface area contributed by atoms with Gasteiger partial charge in [-0.2, -0.15) is 4.99 Å². The minimum Gasteiger partial charge on any atom is -0.370 e. The van der Waals surface area contributed by atoms with Gasteiger partial charge in [0.25, 0.3) is 0 Å². The molecule has 6 nitrogen and oxygen atoms in total. The van der Waals surface area contributed by atoms with Crippen LogP contribution in [0.3, 0.4) is 0 Å². The normalized spacial score (nSPS) is 10.5. The molecule has 0 aliphatic heterocycles. The maximum atomic E-state index is 11.7. The molecule has 7 heteroatoms. The summed E-state index contributed by atoms with van der Waals surface area (Å²) in [4.78, 5) is 19.2. The van der Waals surface area contributed by atoms with Crippen molar-refractivity contribution in [1.82, 2.24) is 9.55 Å². The van der Waals surface area contributed by atoms with Gasteiger partial charge < -0.3 is 16.0 Å². The third-order valence-corrected chi connectivity index (χ3v) is 2.50. The number of benzene rings is 1. The highest BCUT2D eigenvalue weighted by atomic mass is 35.5. The SMILES string of the molecule is Cn1c(C(=O)N=C(N)N)nc2cc(Cl)ccc21. The van der Waals surface area contributed by atoms with Crippen LogP contribution >= 0.6 is 11.6 Å². The van der Waals surface area contributed by atoms with E-state index in [0.29, 0.717) is 10.5 Å². The van der Waals surface area contributed by atoms with E-state index in [4.69, 9.17) is 23.1 Å². The van der Waals surface area contributed by atoms with Gasteiger partial charge in [0.1, 0.15) is 0 Å². The molecule has 2 aromatic rings. The van der Waals surface area contributed by atoms with Gasteiger partial charge in [-0.25, -0.2) is 4.98 Å². The van der Waals surface area contributed by atoms with Gasteiger partial charge in [0.15, 0.2) is 5.96 Å². The van der Waals surface area contributed by atoms with Crippen molar-refractivity contribution >= 4 is 34.5 Å². The molecule has 1 amide bonds. The van der Waals surface area contributed by atoms with Crippen molar-refractivity contribution in [2.24, 2.45) is 23.5 Å². The van der Waals surface area contributed by atoms with E-state index in [0.717, 1.165) is 5.52 Å². The number of rotatable bonds is 1. The number of aryl methyl sites for hydroxylation is 1. The maximum Gasteiger partial charge on any atom is 0.316 e. The van der Waals surface area contributed by atoms with E-state index in [1.54, 1.807) is 29.8 Å². The zero-order valence-electron chi connectivity index (χ0n) is 9.01. The van der Waals surface area contributed by atoms with E-state index < -0.39 is 5.91 Å². The molecule has 0 saturated carbocycles. The van der Waals surface area contributed by atoms with Crippen LogP contribution in [0, 0.1) is 0 Å². The minimum absolute atomic E-state index is 0.163. The smallest absolute Gasteiger partial charge is 0.316 e. The highest BCUT2D eigenvalue weighted by molar-refractivity contribution is 6.31. The third kappa shape index (κ3) is 2.07. The summed E-state index contributed by atoms with van der Waals surface area (Å²) in [5.41, 5.74) is 11.7. The third-order valence-electron chi connectivity index (χ3n) is 2.26. The lowest BCUT2D eigenvalue weighted by atomic mass is 10.3. The van der Waals surface area contributed by atoms with Crippen molar-refractivity contribution in [3.8, 4) is 0 Å². The van der Waals surface area contributed by atoms with Gasteiger partial charge in [-0.05, 0) is 18.2 Å². The number of amides is 1. The first kappa shape index (κ1) is 11.4. The molecule has 0 fully saturated rings. The van der Waals surface area contributed by atoms with Gasteiger partial charge >= 0.3 is 5.91 Å². The Morgan fingerprint density at radius 2 is 2.18 bits per heavy atom. The summed E-state index contributed by atoms with van der Waals surface area (Å²) < 4.78 is 1.61. The molecular weight excluding hydrogens is 242 g/mol. The molecule has 0 saturated heterocycles. The Kier molecular flexibility index (Phi) is 2.72. The largest absolute Gasteiger partial charge is 0.370 e. The van der Waals surface area contributed by atoms with Crippen molar-refractivity contribution in [2.75, 3.05) is 0 Å². The van der Waals surface area contributed by atoms with Gasteiger partial charge in [0.2, 0.25) is 5.82 Å². The number of nitrogens with zero attached hydrogens (tertiary/aromatic N) is 3. The van der Waals surface area contributed by atoms with E-state index in [1.807, 2.05) is 0 Å². The van der Waals surface area contributed by atoms with E-state index in [9.17, 15) is 4.79 Å². The Morgan fingerprint density at radius 3 is 2.82 bits per heavy atom. The van der Waals surface area contributed by atoms with Crippen LogP contribution in [0.5, 0.6) is 0 Å². The number of nitrogens with two attached hydrogens (primary N) is 2.